The van der Waals surface area contributed by atoms with Gasteiger partial charge >= 0.3 is 6.16 Å². The van der Waals surface area contributed by atoms with Gasteiger partial charge in [0.1, 0.15) is 12.2 Å². The molecular formula is C61H102O3. The van der Waals surface area contributed by atoms with Crippen molar-refractivity contribution in [2.45, 2.75) is 249 Å². The molecule has 0 aliphatic heterocycles. The molecule has 8 aliphatic carbocycles. The summed E-state index contributed by atoms with van der Waals surface area (Å²) in [4.78, 5) is 14.1. The molecule has 64 heavy (non-hydrogen) atoms. The molecule has 3 heteroatoms. The van der Waals surface area contributed by atoms with E-state index in [0.29, 0.717) is 22.7 Å². The lowest BCUT2D eigenvalue weighted by molar-refractivity contribution is -0.0970. The SMILES string of the molecule is CCCC1C[C@H](OC(=O)O[C@@H]2CC3=CC[C@H]4[C@@H]5CC[C@H]([C@H](C)CCCC(C)C)[C@@]5(C)CC[C@@H]4[C@@]3(C)C(CCC)C2)CC2=CC[C@H]3[C@@H]4CC[C@H]([C@H](C)CCCC(C)C)[C@@]4(C)CC[C@@H]3[C@]21C. The maximum atomic E-state index is 14.1. The van der Waals surface area contributed by atoms with E-state index in [9.17, 15) is 4.79 Å². The molecular weight excluding hydrogens is 781 g/mol. The quantitative estimate of drug-likeness (QED) is 0.114. The summed E-state index contributed by atoms with van der Waals surface area (Å²) in [5.41, 5.74) is 4.75. The normalized spacial score (nSPS) is 44.7. The van der Waals surface area contributed by atoms with E-state index in [1.54, 1.807) is 11.1 Å². The molecule has 3 nitrogen and oxygen atoms in total. The summed E-state index contributed by atoms with van der Waals surface area (Å²) >= 11 is 0. The van der Waals surface area contributed by atoms with Gasteiger partial charge in [-0.15, -0.1) is 0 Å². The topological polar surface area (TPSA) is 35.5 Å². The fraction of sp³-hybridized carbons (Fsp3) is 0.918. The van der Waals surface area contributed by atoms with Crippen LogP contribution in [-0.4, -0.2) is 18.4 Å². The maximum Gasteiger partial charge on any atom is 0.508 e. The van der Waals surface area contributed by atoms with Crippen molar-refractivity contribution in [3.8, 4) is 0 Å². The van der Waals surface area contributed by atoms with Gasteiger partial charge in [-0.1, -0.05) is 158 Å². The zero-order chi connectivity index (χ0) is 45.8. The molecule has 0 aromatic heterocycles. The van der Waals surface area contributed by atoms with Gasteiger partial charge in [0.05, 0.1) is 0 Å². The van der Waals surface area contributed by atoms with Gasteiger partial charge in [0.2, 0.25) is 0 Å². The highest BCUT2D eigenvalue weighted by molar-refractivity contribution is 5.60. The Balaban J connectivity index is 0.911. The van der Waals surface area contributed by atoms with Crippen molar-refractivity contribution >= 4 is 6.16 Å². The highest BCUT2D eigenvalue weighted by Crippen LogP contribution is 2.71. The first-order valence-corrected chi connectivity index (χ1v) is 28.7. The highest BCUT2D eigenvalue weighted by Gasteiger charge is 2.63. The molecule has 6 saturated carbocycles. The fourth-order valence-electron chi connectivity index (χ4n) is 19.8. The Hall–Kier alpha value is -1.25. The molecule has 0 radical (unpaired) electrons. The number of fused-ring (bicyclic) bond motifs is 10. The third-order valence-electron chi connectivity index (χ3n) is 23.0. The lowest BCUT2D eigenvalue weighted by atomic mass is 9.44. The van der Waals surface area contributed by atoms with Gasteiger partial charge in [-0.2, -0.15) is 0 Å². The zero-order valence-electron chi connectivity index (χ0n) is 44.1. The lowest BCUT2D eigenvalue weighted by Crippen LogP contribution is -2.54. The van der Waals surface area contributed by atoms with Crippen LogP contribution in [0.1, 0.15) is 237 Å². The second-order valence-electron chi connectivity index (χ2n) is 26.9. The molecule has 364 valence electrons. The van der Waals surface area contributed by atoms with Crippen LogP contribution in [0.25, 0.3) is 0 Å². The summed E-state index contributed by atoms with van der Waals surface area (Å²) in [6.07, 6.45) is 35.9. The van der Waals surface area contributed by atoms with Crippen LogP contribution in [0.15, 0.2) is 23.3 Å². The number of ether oxygens (including phenoxy) is 2. The molecule has 0 aromatic rings. The Bertz CT molecular complexity index is 1540. The van der Waals surface area contributed by atoms with Crippen molar-refractivity contribution in [2.24, 2.45) is 105 Å². The maximum absolute atomic E-state index is 14.1. The largest absolute Gasteiger partial charge is 0.508 e. The molecule has 0 amide bonds. The molecule has 18 atom stereocenters. The Morgan fingerprint density at radius 1 is 0.578 bits per heavy atom. The standard InChI is InChI=1S/C61H102O3/c1-13-17-43-35-47(37-45-23-25-49-53-29-27-51(41(7)21-15-19-39(3)4)58(53,9)33-31-55(49)60(43,45)11)63-57(62)64-48-36-44(18-14-2)61(12)46(38-48)24-26-50-54-30-28-52(42(8)22-16-20-40(5)6)59(54,10)34-32-56(50)61/h23-24,39-44,47-56H,13-22,25-38H2,1-12H3/t41-,42-,43?,44?,47+,48+,49+,50+,51-,52-,53+,54+,55+,56+,58-,59-,60+,61+/m1/s1. The van der Waals surface area contributed by atoms with Crippen LogP contribution < -0.4 is 0 Å². The van der Waals surface area contributed by atoms with Crippen molar-refractivity contribution in [3.63, 3.8) is 0 Å². The van der Waals surface area contributed by atoms with Crippen LogP contribution in [-0.2, 0) is 9.47 Å². The van der Waals surface area contributed by atoms with Crippen LogP contribution in [0.2, 0.25) is 0 Å². The van der Waals surface area contributed by atoms with Crippen molar-refractivity contribution in [3.05, 3.63) is 23.3 Å². The number of rotatable bonds is 16. The molecule has 0 spiro atoms. The van der Waals surface area contributed by atoms with E-state index in [-0.39, 0.29) is 29.2 Å². The monoisotopic (exact) mass is 883 g/mol. The number of hydrogen-bond acceptors (Lipinski definition) is 3. The third-order valence-corrected chi connectivity index (χ3v) is 23.0. The van der Waals surface area contributed by atoms with Crippen molar-refractivity contribution in [1.29, 1.82) is 0 Å². The average Bonchev–Trinajstić information content (AvgIpc) is 3.78. The number of carbonyl (C=O) groups excluding carboxylic acids is 1. The molecule has 6 fully saturated rings. The minimum absolute atomic E-state index is 0.0593. The number of carbonyl (C=O) groups is 1. The van der Waals surface area contributed by atoms with E-state index >= 15 is 0 Å². The molecule has 2 unspecified atom stereocenters. The first kappa shape index (κ1) is 49.2. The predicted octanol–water partition coefficient (Wildman–Crippen LogP) is 18.0. The molecule has 8 rings (SSSR count). The van der Waals surface area contributed by atoms with Gasteiger partial charge in [0, 0.05) is 12.8 Å². The predicted molar refractivity (Wildman–Crippen MR) is 269 cm³/mol. The molecule has 0 heterocycles. The van der Waals surface area contributed by atoms with E-state index < -0.39 is 0 Å². The number of hydrogen-bond donors (Lipinski definition) is 0. The minimum atomic E-state index is -0.378. The van der Waals surface area contributed by atoms with Crippen LogP contribution in [0.3, 0.4) is 0 Å². The van der Waals surface area contributed by atoms with Crippen LogP contribution in [0.5, 0.6) is 0 Å². The second kappa shape index (κ2) is 19.6. The van der Waals surface area contributed by atoms with Gasteiger partial charge in [0.15, 0.2) is 0 Å². The summed E-state index contributed by atoms with van der Waals surface area (Å²) in [6, 6.07) is 0. The van der Waals surface area contributed by atoms with E-state index in [0.717, 1.165) is 96.7 Å². The fourth-order valence-corrected chi connectivity index (χ4v) is 19.8. The lowest BCUT2D eigenvalue weighted by Gasteiger charge is -2.61. The van der Waals surface area contributed by atoms with Crippen LogP contribution >= 0.6 is 0 Å². The first-order chi connectivity index (χ1) is 30.5. The van der Waals surface area contributed by atoms with Crippen LogP contribution in [0, 0.1) is 105 Å². The second-order valence-corrected chi connectivity index (χ2v) is 26.9. The van der Waals surface area contributed by atoms with Crippen molar-refractivity contribution in [1.82, 2.24) is 0 Å². The Kier molecular flexibility index (Phi) is 15.1. The summed E-state index contributed by atoms with van der Waals surface area (Å²) in [5, 5.41) is 0. The molecule has 0 saturated heterocycles. The Morgan fingerprint density at radius 2 is 0.984 bits per heavy atom. The van der Waals surface area contributed by atoms with E-state index in [1.165, 1.54) is 128 Å². The zero-order valence-corrected chi connectivity index (χ0v) is 44.1. The molecule has 0 N–H and O–H groups in total. The summed E-state index contributed by atoms with van der Waals surface area (Å²) in [7, 11) is 0. The smallest absolute Gasteiger partial charge is 0.431 e. The van der Waals surface area contributed by atoms with E-state index in [4.69, 9.17) is 9.47 Å². The average molecular weight is 883 g/mol. The van der Waals surface area contributed by atoms with Gasteiger partial charge in [-0.05, 0) is 194 Å². The highest BCUT2D eigenvalue weighted by atomic mass is 16.7. The minimum Gasteiger partial charge on any atom is -0.431 e. The Labute approximate surface area is 396 Å². The summed E-state index contributed by atoms with van der Waals surface area (Å²) < 4.78 is 13.0. The van der Waals surface area contributed by atoms with Gasteiger partial charge in [-0.3, -0.25) is 0 Å². The number of allylic oxidation sites excluding steroid dienone is 2. The van der Waals surface area contributed by atoms with Crippen molar-refractivity contribution in [2.75, 3.05) is 0 Å². The van der Waals surface area contributed by atoms with Crippen LogP contribution in [0.4, 0.5) is 4.79 Å². The van der Waals surface area contributed by atoms with Crippen molar-refractivity contribution < 1.29 is 14.3 Å². The summed E-state index contributed by atoms with van der Waals surface area (Å²) in [6.45, 7) is 30.4. The summed E-state index contributed by atoms with van der Waals surface area (Å²) in [5.74, 6) is 11.2. The van der Waals surface area contributed by atoms with Gasteiger partial charge in [-0.25, -0.2) is 4.79 Å². The Morgan fingerprint density at radius 3 is 1.36 bits per heavy atom. The molecule has 0 bridgehead atoms. The van der Waals surface area contributed by atoms with Gasteiger partial charge in [0.25, 0.3) is 0 Å². The third kappa shape index (κ3) is 8.83. The van der Waals surface area contributed by atoms with Gasteiger partial charge < -0.3 is 9.47 Å². The molecule has 0 aromatic carbocycles. The van der Waals surface area contributed by atoms with E-state index in [2.05, 4.69) is 95.2 Å². The first-order valence-electron chi connectivity index (χ1n) is 28.7. The van der Waals surface area contributed by atoms with E-state index in [1.807, 2.05) is 0 Å². The molecule has 8 aliphatic rings.